The van der Waals surface area contributed by atoms with Crippen LogP contribution in [0.2, 0.25) is 0 Å². The van der Waals surface area contributed by atoms with E-state index in [1.54, 1.807) is 0 Å². The molecule has 0 amide bonds. The summed E-state index contributed by atoms with van der Waals surface area (Å²) in [4.78, 5) is 61.4. The van der Waals surface area contributed by atoms with E-state index in [2.05, 4.69) is 75.0 Å². The fraction of sp³-hybridized carbons (Fsp3) is 0.956. The molecule has 106 heavy (non-hydrogen) atoms. The molecule has 4 unspecified atom stereocenters. The molecule has 1 heterocycles. The van der Waals surface area contributed by atoms with E-state index in [4.69, 9.17) is 18.9 Å². The molecule has 0 aromatic carbocycles. The van der Waals surface area contributed by atoms with Gasteiger partial charge >= 0.3 is 23.9 Å². The van der Waals surface area contributed by atoms with E-state index >= 15 is 0 Å². The maximum Gasteiger partial charge on any atom is 0.305 e. The molecular formula is C90H176N4O12. The number of aliphatic hydroxyl groups is 4. The summed E-state index contributed by atoms with van der Waals surface area (Å²) in [5.41, 5.74) is 0. The molecule has 0 radical (unpaired) electrons. The molecular weight excluding hydrogens is 1330 g/mol. The number of rotatable bonds is 72. The van der Waals surface area contributed by atoms with Crippen LogP contribution in [-0.4, -0.2) is 193 Å². The fourth-order valence-corrected chi connectivity index (χ4v) is 15.9. The Hall–Kier alpha value is -2.44. The van der Waals surface area contributed by atoms with E-state index in [0.717, 1.165) is 101 Å². The monoisotopic (exact) mass is 1510 g/mol. The number of unbranched alkanes of at least 4 members (excludes halogenated alkanes) is 24. The molecule has 4 atom stereocenters. The quantitative estimate of drug-likeness (QED) is 0.0254. The second-order valence-corrected chi connectivity index (χ2v) is 33.1. The summed E-state index contributed by atoms with van der Waals surface area (Å²) in [6.07, 6.45) is 56.4. The van der Waals surface area contributed by atoms with Crippen molar-refractivity contribution < 1.29 is 58.6 Å². The zero-order chi connectivity index (χ0) is 77.6. The Balaban J connectivity index is 3.31. The molecule has 16 heteroatoms. The van der Waals surface area contributed by atoms with Crippen LogP contribution in [0.1, 0.15) is 402 Å². The molecule has 0 aromatic heterocycles. The van der Waals surface area contributed by atoms with Crippen LogP contribution in [0.15, 0.2) is 0 Å². The highest BCUT2D eigenvalue weighted by Gasteiger charge is 2.24. The van der Waals surface area contributed by atoms with Gasteiger partial charge in [0.1, 0.15) is 50.8 Å². The van der Waals surface area contributed by atoms with Crippen molar-refractivity contribution in [3.63, 3.8) is 0 Å². The highest BCUT2D eigenvalue weighted by molar-refractivity contribution is 5.70. The fourth-order valence-electron chi connectivity index (χ4n) is 15.9. The second kappa shape index (κ2) is 74.0. The number of carbonyl (C=O) groups excluding carboxylic acids is 4. The van der Waals surface area contributed by atoms with Crippen molar-refractivity contribution in [3.05, 3.63) is 0 Å². The van der Waals surface area contributed by atoms with Gasteiger partial charge in [-0.1, -0.05) is 338 Å². The largest absolute Gasteiger partial charge is 0.463 e. The molecule has 1 fully saturated rings. The van der Waals surface area contributed by atoms with Gasteiger partial charge in [-0.05, 0) is 88.4 Å². The predicted molar refractivity (Wildman–Crippen MR) is 442 cm³/mol. The summed E-state index contributed by atoms with van der Waals surface area (Å²) in [5, 5.41) is 46.4. The number of esters is 4. The van der Waals surface area contributed by atoms with Crippen molar-refractivity contribution in [1.29, 1.82) is 0 Å². The molecule has 1 saturated heterocycles. The van der Waals surface area contributed by atoms with E-state index in [0.29, 0.717) is 90.9 Å². The van der Waals surface area contributed by atoms with Crippen LogP contribution in [0.3, 0.4) is 0 Å². The Morgan fingerprint density at radius 2 is 0.396 bits per heavy atom. The van der Waals surface area contributed by atoms with Crippen LogP contribution in [0, 0.1) is 23.7 Å². The first-order chi connectivity index (χ1) is 51.6. The van der Waals surface area contributed by atoms with Gasteiger partial charge in [-0.25, -0.2) is 0 Å². The lowest BCUT2D eigenvalue weighted by Gasteiger charge is -2.34. The molecule has 16 nitrogen and oxygen atoms in total. The zero-order valence-electron chi connectivity index (χ0n) is 71.0. The molecule has 0 aromatic rings. The van der Waals surface area contributed by atoms with Crippen molar-refractivity contribution in [2.24, 2.45) is 23.7 Å². The van der Waals surface area contributed by atoms with Crippen molar-refractivity contribution in [2.75, 3.05) is 105 Å². The van der Waals surface area contributed by atoms with Gasteiger partial charge in [0.2, 0.25) is 0 Å². The third-order valence-corrected chi connectivity index (χ3v) is 22.7. The summed E-state index contributed by atoms with van der Waals surface area (Å²) in [6.45, 7) is 23.3. The van der Waals surface area contributed by atoms with Gasteiger partial charge < -0.3 is 39.4 Å². The highest BCUT2D eigenvalue weighted by Crippen LogP contribution is 2.28. The standard InChI is InChI=1S/C90H176N4O12/c1-9-17-29-47-79(48-30-18-10-2)55-37-25-41-59-87(99)103-75-83(95)71-91-63-45-64-93(73-85(97)77-105-89(101)61-43-27-39-57-81(51-33-21-13-5)52-34-22-14-6)69-70-94(74-86(98)78-106-90(102)62-44-28-40-58-82(53-35-23-15-7)54-36-24-16-8)66-46-65-92(68-67-91)72-84(96)76-104-88(100)60-42-26-38-56-80(49-31-19-11-3)50-32-20-12-4/h79-86,95-98H,9-78H2,1-8H3. The Morgan fingerprint density at radius 1 is 0.236 bits per heavy atom. The van der Waals surface area contributed by atoms with Crippen LogP contribution in [0.25, 0.3) is 0 Å². The number of ether oxygens (including phenoxy) is 4. The lowest BCUT2D eigenvalue weighted by atomic mass is 9.90. The minimum Gasteiger partial charge on any atom is -0.463 e. The summed E-state index contributed by atoms with van der Waals surface area (Å²) < 4.78 is 23.0. The van der Waals surface area contributed by atoms with Crippen molar-refractivity contribution >= 4 is 23.9 Å². The lowest BCUT2D eigenvalue weighted by molar-refractivity contribution is -0.148. The van der Waals surface area contributed by atoms with Crippen molar-refractivity contribution in [3.8, 4) is 0 Å². The van der Waals surface area contributed by atoms with Gasteiger partial charge in [-0.3, -0.25) is 38.8 Å². The first-order valence-electron chi connectivity index (χ1n) is 45.9. The molecule has 1 aliphatic heterocycles. The molecule has 0 aliphatic carbocycles. The lowest BCUT2D eigenvalue weighted by Crippen LogP contribution is -2.47. The number of β-amino-alcohol motifs (C(OH)–C–C–N with tert-alkyl or cyclic N) is 4. The van der Waals surface area contributed by atoms with E-state index in [9.17, 15) is 39.6 Å². The summed E-state index contributed by atoms with van der Waals surface area (Å²) in [7, 11) is 0. The van der Waals surface area contributed by atoms with Crippen LogP contribution >= 0.6 is 0 Å². The summed E-state index contributed by atoms with van der Waals surface area (Å²) in [6, 6.07) is 0. The van der Waals surface area contributed by atoms with Crippen LogP contribution in [-0.2, 0) is 38.1 Å². The third kappa shape index (κ3) is 63.1. The Bertz CT molecular complexity index is 1650. The van der Waals surface area contributed by atoms with Gasteiger partial charge in [0.15, 0.2) is 0 Å². The van der Waals surface area contributed by atoms with Crippen LogP contribution in [0.5, 0.6) is 0 Å². The first kappa shape index (κ1) is 102. The van der Waals surface area contributed by atoms with Crippen molar-refractivity contribution in [1.82, 2.24) is 19.6 Å². The van der Waals surface area contributed by atoms with Crippen LogP contribution < -0.4 is 0 Å². The topological polar surface area (TPSA) is 199 Å². The third-order valence-electron chi connectivity index (χ3n) is 22.7. The molecule has 0 bridgehead atoms. The maximum absolute atomic E-state index is 13.2. The number of hydrogen-bond acceptors (Lipinski definition) is 16. The number of hydrogen-bond donors (Lipinski definition) is 4. The SMILES string of the molecule is CCCCCC(CCCCC)CCCCCC(=O)OCC(O)CN1CCCN(CC(O)COC(=O)CCCCCC(CCCCC)CCCCC)CCN(CC(O)COC(=O)CCCCCC(CCCCC)CCCCC)CCCN(CC(O)COC(=O)CCCCCC(CCCCC)CCCCC)CC1. The molecule has 0 spiro atoms. The number of nitrogens with zero attached hydrogens (tertiary/aromatic N) is 4. The minimum absolute atomic E-state index is 0.103. The Labute approximate surface area is 654 Å². The van der Waals surface area contributed by atoms with E-state index in [1.807, 2.05) is 0 Å². The zero-order valence-corrected chi connectivity index (χ0v) is 71.0. The van der Waals surface area contributed by atoms with Crippen LogP contribution in [0.4, 0.5) is 0 Å². The average Bonchev–Trinajstić information content (AvgIpc) is 0.925. The second-order valence-electron chi connectivity index (χ2n) is 33.1. The summed E-state index contributed by atoms with van der Waals surface area (Å²) in [5.74, 6) is 1.93. The minimum atomic E-state index is -0.927. The smallest absolute Gasteiger partial charge is 0.305 e. The molecule has 628 valence electrons. The van der Waals surface area contributed by atoms with E-state index < -0.39 is 24.4 Å². The molecule has 1 rings (SSSR count). The normalized spacial score (nSPS) is 15.5. The summed E-state index contributed by atoms with van der Waals surface area (Å²) >= 11 is 0. The van der Waals surface area contributed by atoms with E-state index in [1.165, 1.54) is 231 Å². The number of aliphatic hydroxyl groups excluding tert-OH is 4. The molecule has 1 aliphatic rings. The van der Waals surface area contributed by atoms with Gasteiger partial charge in [0, 0.05) is 78.0 Å². The van der Waals surface area contributed by atoms with E-state index in [-0.39, 0.29) is 76.5 Å². The highest BCUT2D eigenvalue weighted by atomic mass is 16.6. The number of carbonyl (C=O) groups is 4. The van der Waals surface area contributed by atoms with Gasteiger partial charge in [0.25, 0.3) is 0 Å². The van der Waals surface area contributed by atoms with Gasteiger partial charge in [0.05, 0.1) is 0 Å². The average molecular weight is 1510 g/mol. The Kier molecular flexibility index (Phi) is 70.9. The molecule has 0 saturated carbocycles. The van der Waals surface area contributed by atoms with Gasteiger partial charge in [-0.2, -0.15) is 0 Å². The Morgan fingerprint density at radius 3 is 0.557 bits per heavy atom. The maximum atomic E-state index is 13.2. The van der Waals surface area contributed by atoms with Crippen molar-refractivity contribution in [2.45, 2.75) is 427 Å². The van der Waals surface area contributed by atoms with Gasteiger partial charge in [-0.15, -0.1) is 0 Å². The predicted octanol–water partition coefficient (Wildman–Crippen LogP) is 20.5. The first-order valence-corrected chi connectivity index (χ1v) is 45.9. The molecule has 4 N–H and O–H groups in total.